The first kappa shape index (κ1) is 21.4. The third kappa shape index (κ3) is 5.53. The molecule has 152 valence electrons. The molecule has 0 amide bonds. The third-order valence-corrected chi connectivity index (χ3v) is 4.43. The lowest BCUT2D eigenvalue weighted by molar-refractivity contribution is 0.297. The first-order valence-corrected chi connectivity index (χ1v) is 9.02. The summed E-state index contributed by atoms with van der Waals surface area (Å²) in [5, 5.41) is 6.67. The molecule has 0 bridgehead atoms. The Morgan fingerprint density at radius 2 is 1.75 bits per heavy atom. The van der Waals surface area contributed by atoms with Crippen LogP contribution in [0, 0.1) is 0 Å². The number of hydrogen-bond acceptors (Lipinski definition) is 5. The Labute approximate surface area is 167 Å². The molecule has 0 aliphatic carbocycles. The molecule has 0 spiro atoms. The van der Waals surface area contributed by atoms with Crippen LogP contribution in [0.2, 0.25) is 0 Å². The topological polar surface area (TPSA) is 67.4 Å². The molecule has 0 aromatic heterocycles. The summed E-state index contributed by atoms with van der Waals surface area (Å²) in [6.45, 7) is 0.674. The lowest BCUT2D eigenvalue weighted by atomic mass is 10.1. The fourth-order valence-electron chi connectivity index (χ4n) is 2.87. The zero-order valence-electron chi connectivity index (χ0n) is 17.4. The number of hydrogen-bond donors (Lipinski definition) is 2. The molecule has 0 saturated carbocycles. The highest BCUT2D eigenvalue weighted by Crippen LogP contribution is 2.29. The van der Waals surface area contributed by atoms with Gasteiger partial charge in [-0.3, -0.25) is 4.99 Å². The normalized spacial score (nSPS) is 12.5. The average molecular weight is 386 g/mol. The first-order valence-electron chi connectivity index (χ1n) is 9.02. The standard InChI is InChI=1S/C21H30N4O3/c1-22-21(24-16-10-11-19(27-5)20(13-16)28-6)23-14-18(25(2)3)15-8-7-9-17(12-15)26-4/h7-13,18H,14H2,1-6H3,(H2,22,23,24). The van der Waals surface area contributed by atoms with Crippen molar-refractivity contribution in [2.75, 3.05) is 54.3 Å². The van der Waals surface area contributed by atoms with Crippen molar-refractivity contribution < 1.29 is 14.2 Å². The molecule has 2 rings (SSSR count). The van der Waals surface area contributed by atoms with Crippen molar-refractivity contribution in [2.45, 2.75) is 6.04 Å². The van der Waals surface area contributed by atoms with Gasteiger partial charge in [-0.05, 0) is 43.9 Å². The quantitative estimate of drug-likeness (QED) is 0.537. The van der Waals surface area contributed by atoms with Gasteiger partial charge in [0.05, 0.1) is 27.4 Å². The molecule has 1 atom stereocenters. The first-order chi connectivity index (χ1) is 13.5. The zero-order chi connectivity index (χ0) is 20.5. The van der Waals surface area contributed by atoms with Crippen molar-refractivity contribution in [3.63, 3.8) is 0 Å². The number of ether oxygens (including phenoxy) is 3. The van der Waals surface area contributed by atoms with Crippen LogP contribution in [0.25, 0.3) is 0 Å². The number of rotatable bonds is 8. The number of nitrogens with zero attached hydrogens (tertiary/aromatic N) is 2. The van der Waals surface area contributed by atoms with Gasteiger partial charge in [-0.25, -0.2) is 0 Å². The Balaban J connectivity index is 2.09. The van der Waals surface area contributed by atoms with E-state index in [1.54, 1.807) is 28.4 Å². The summed E-state index contributed by atoms with van der Waals surface area (Å²) < 4.78 is 16.0. The van der Waals surface area contributed by atoms with Crippen molar-refractivity contribution in [2.24, 2.45) is 4.99 Å². The Hall–Kier alpha value is -2.93. The van der Waals surface area contributed by atoms with Gasteiger partial charge in [0.15, 0.2) is 17.5 Å². The van der Waals surface area contributed by atoms with Gasteiger partial charge in [0.25, 0.3) is 0 Å². The van der Waals surface area contributed by atoms with E-state index in [4.69, 9.17) is 14.2 Å². The molecular weight excluding hydrogens is 356 g/mol. The number of nitrogens with one attached hydrogen (secondary N) is 2. The summed E-state index contributed by atoms with van der Waals surface area (Å²) in [5.74, 6) is 2.85. The minimum Gasteiger partial charge on any atom is -0.497 e. The van der Waals surface area contributed by atoms with Gasteiger partial charge in [0.1, 0.15) is 5.75 Å². The fraction of sp³-hybridized carbons (Fsp3) is 0.381. The number of anilines is 1. The summed E-state index contributed by atoms with van der Waals surface area (Å²) in [6.07, 6.45) is 0. The highest BCUT2D eigenvalue weighted by atomic mass is 16.5. The fourth-order valence-corrected chi connectivity index (χ4v) is 2.87. The molecule has 0 fully saturated rings. The van der Waals surface area contributed by atoms with Crippen molar-refractivity contribution in [1.29, 1.82) is 0 Å². The number of benzene rings is 2. The zero-order valence-corrected chi connectivity index (χ0v) is 17.4. The highest BCUT2D eigenvalue weighted by molar-refractivity contribution is 5.93. The SMILES string of the molecule is CN=C(NCC(c1cccc(OC)c1)N(C)C)Nc1ccc(OC)c(OC)c1. The monoisotopic (exact) mass is 386 g/mol. The van der Waals surface area contributed by atoms with Crippen LogP contribution in [0.4, 0.5) is 5.69 Å². The molecule has 0 saturated heterocycles. The summed E-state index contributed by atoms with van der Waals surface area (Å²) >= 11 is 0. The summed E-state index contributed by atoms with van der Waals surface area (Å²) in [4.78, 5) is 6.48. The van der Waals surface area contributed by atoms with Crippen LogP contribution >= 0.6 is 0 Å². The smallest absolute Gasteiger partial charge is 0.195 e. The maximum Gasteiger partial charge on any atom is 0.195 e. The summed E-state index contributed by atoms with van der Waals surface area (Å²) in [7, 11) is 10.8. The maximum absolute atomic E-state index is 5.36. The number of aliphatic imine (C=N–C) groups is 1. The molecule has 0 radical (unpaired) electrons. The van der Waals surface area contributed by atoms with Crippen molar-refractivity contribution in [3.05, 3.63) is 48.0 Å². The van der Waals surface area contributed by atoms with Crippen molar-refractivity contribution in [3.8, 4) is 17.2 Å². The predicted octanol–water partition coefficient (Wildman–Crippen LogP) is 3.00. The minimum atomic E-state index is 0.152. The van der Waals surface area contributed by atoms with E-state index in [9.17, 15) is 0 Å². The summed E-state index contributed by atoms with van der Waals surface area (Å²) in [6, 6.07) is 13.9. The number of methoxy groups -OCH3 is 3. The van der Waals surface area contributed by atoms with Gasteiger partial charge in [-0.2, -0.15) is 0 Å². The maximum atomic E-state index is 5.36. The lowest BCUT2D eigenvalue weighted by Crippen LogP contribution is -2.38. The molecule has 2 N–H and O–H groups in total. The second-order valence-electron chi connectivity index (χ2n) is 6.40. The Morgan fingerprint density at radius 1 is 1.00 bits per heavy atom. The molecule has 0 aliphatic rings. The van der Waals surface area contributed by atoms with Crippen molar-refractivity contribution in [1.82, 2.24) is 10.2 Å². The molecule has 28 heavy (non-hydrogen) atoms. The summed E-state index contributed by atoms with van der Waals surface area (Å²) in [5.41, 5.74) is 2.02. The number of likely N-dealkylation sites (N-methyl/N-ethyl adjacent to an activating group) is 1. The molecule has 0 aliphatic heterocycles. The molecule has 1 unspecified atom stereocenters. The molecule has 2 aromatic carbocycles. The third-order valence-electron chi connectivity index (χ3n) is 4.43. The predicted molar refractivity (Wildman–Crippen MR) is 114 cm³/mol. The average Bonchev–Trinajstić information content (AvgIpc) is 2.72. The molecule has 7 nitrogen and oxygen atoms in total. The Kier molecular flexibility index (Phi) is 7.95. The van der Waals surface area contributed by atoms with Crippen molar-refractivity contribution >= 4 is 11.6 Å². The van der Waals surface area contributed by atoms with E-state index in [0.717, 1.165) is 11.4 Å². The van der Waals surface area contributed by atoms with E-state index in [0.29, 0.717) is 24.0 Å². The highest BCUT2D eigenvalue weighted by Gasteiger charge is 2.16. The van der Waals surface area contributed by atoms with E-state index in [-0.39, 0.29) is 6.04 Å². The largest absolute Gasteiger partial charge is 0.497 e. The lowest BCUT2D eigenvalue weighted by Gasteiger charge is -2.26. The Bertz CT molecular complexity index is 793. The second-order valence-corrected chi connectivity index (χ2v) is 6.40. The van der Waals surface area contributed by atoms with Gasteiger partial charge in [-0.15, -0.1) is 0 Å². The van der Waals surface area contributed by atoms with Crippen LogP contribution in [0.5, 0.6) is 17.2 Å². The van der Waals surface area contributed by atoms with Gasteiger partial charge >= 0.3 is 0 Å². The van der Waals surface area contributed by atoms with Crippen LogP contribution in [0.3, 0.4) is 0 Å². The van der Waals surface area contributed by atoms with Gasteiger partial charge in [-0.1, -0.05) is 12.1 Å². The van der Waals surface area contributed by atoms with Gasteiger partial charge in [0, 0.05) is 25.3 Å². The van der Waals surface area contributed by atoms with E-state index in [1.807, 2.05) is 30.3 Å². The van der Waals surface area contributed by atoms with E-state index in [2.05, 4.69) is 46.8 Å². The molecular formula is C21H30N4O3. The molecule has 0 heterocycles. The van der Waals surface area contributed by atoms with Crippen LogP contribution < -0.4 is 24.8 Å². The second kappa shape index (κ2) is 10.4. The van der Waals surface area contributed by atoms with Crippen LogP contribution in [-0.4, -0.2) is 59.9 Å². The minimum absolute atomic E-state index is 0.152. The van der Waals surface area contributed by atoms with Crippen LogP contribution in [0.15, 0.2) is 47.5 Å². The Morgan fingerprint density at radius 3 is 2.36 bits per heavy atom. The number of guanidine groups is 1. The van der Waals surface area contributed by atoms with Crippen LogP contribution in [0.1, 0.15) is 11.6 Å². The molecule has 7 heteroatoms. The van der Waals surface area contributed by atoms with E-state index in [1.165, 1.54) is 5.56 Å². The van der Waals surface area contributed by atoms with Gasteiger partial charge in [0.2, 0.25) is 0 Å². The van der Waals surface area contributed by atoms with Crippen LogP contribution in [-0.2, 0) is 0 Å². The molecule has 2 aromatic rings. The van der Waals surface area contributed by atoms with Gasteiger partial charge < -0.3 is 29.7 Å². The van der Waals surface area contributed by atoms with E-state index < -0.39 is 0 Å². The van der Waals surface area contributed by atoms with E-state index >= 15 is 0 Å².